The zero-order chi connectivity index (χ0) is 15.7. The molecule has 0 radical (unpaired) electrons. The average Bonchev–Trinajstić information content (AvgIpc) is 2.75. The molecule has 2 unspecified atom stereocenters. The van der Waals surface area contributed by atoms with Gasteiger partial charge in [0.1, 0.15) is 0 Å². The maximum absolute atomic E-state index is 11.8. The minimum absolute atomic E-state index is 0.00881. The molecule has 3 nitrogen and oxygen atoms in total. The van der Waals surface area contributed by atoms with Crippen LogP contribution in [0.4, 0.5) is 0 Å². The van der Waals surface area contributed by atoms with E-state index in [1.54, 1.807) is 0 Å². The molecule has 4 aliphatic carbocycles. The molecular weight excluding hydrogens is 276 g/mol. The highest BCUT2D eigenvalue weighted by Gasteiger charge is 2.61. The van der Waals surface area contributed by atoms with Crippen LogP contribution in [-0.4, -0.2) is 28.2 Å². The van der Waals surface area contributed by atoms with Crippen LogP contribution >= 0.6 is 0 Å². The Morgan fingerprint density at radius 1 is 1.14 bits per heavy atom. The molecule has 0 amide bonds. The van der Waals surface area contributed by atoms with Gasteiger partial charge in [-0.15, -0.1) is 0 Å². The van der Waals surface area contributed by atoms with E-state index in [1.807, 2.05) is 6.08 Å². The molecule has 0 aromatic carbocycles. The minimum atomic E-state index is -0.346. The first-order valence-electron chi connectivity index (χ1n) is 8.96. The van der Waals surface area contributed by atoms with Crippen LogP contribution in [0.1, 0.15) is 58.8 Å². The molecule has 3 fully saturated rings. The predicted octanol–water partition coefficient (Wildman–Crippen LogP) is 2.85. The molecule has 7 atom stereocenters. The van der Waals surface area contributed by atoms with Gasteiger partial charge >= 0.3 is 0 Å². The van der Waals surface area contributed by atoms with Gasteiger partial charge in [-0.3, -0.25) is 4.79 Å². The first kappa shape index (κ1) is 14.9. The smallest absolute Gasteiger partial charge is 0.155 e. The number of hydrogen-bond donors (Lipinski definition) is 2. The number of carbonyl (C=O) groups is 1. The molecule has 0 spiro atoms. The third-order valence-corrected chi connectivity index (χ3v) is 7.84. The second-order valence-corrected chi connectivity index (χ2v) is 8.76. The molecule has 0 bridgehead atoms. The lowest BCUT2D eigenvalue weighted by Gasteiger charge is -2.59. The van der Waals surface area contributed by atoms with Gasteiger partial charge in [0.2, 0.25) is 0 Å². The molecule has 4 rings (SSSR count). The van der Waals surface area contributed by atoms with Crippen molar-refractivity contribution in [2.75, 3.05) is 0 Å². The van der Waals surface area contributed by atoms with E-state index < -0.39 is 0 Å². The first-order valence-corrected chi connectivity index (χ1v) is 8.96. The van der Waals surface area contributed by atoms with Crippen molar-refractivity contribution >= 4 is 5.78 Å². The zero-order valence-corrected chi connectivity index (χ0v) is 13.7. The van der Waals surface area contributed by atoms with E-state index in [-0.39, 0.29) is 34.7 Å². The Hall–Kier alpha value is -0.670. The van der Waals surface area contributed by atoms with E-state index in [1.165, 1.54) is 5.57 Å². The lowest BCUT2D eigenvalue weighted by molar-refractivity contribution is -0.142. The summed E-state index contributed by atoms with van der Waals surface area (Å²) in [6.45, 7) is 4.46. The Balaban J connectivity index is 1.74. The number of carbonyl (C=O) groups excluding carboxylic acids is 1. The van der Waals surface area contributed by atoms with Crippen molar-refractivity contribution in [2.24, 2.45) is 28.6 Å². The SMILES string of the molecule is C[C@]12CCC(=O)C=C1CC[C@@H]1[C@H]2C(O)C[C@]2(C)C(O)CC[C@@H]12. The summed E-state index contributed by atoms with van der Waals surface area (Å²) in [5.74, 6) is 1.56. The second kappa shape index (κ2) is 4.67. The third kappa shape index (κ3) is 1.78. The summed E-state index contributed by atoms with van der Waals surface area (Å²) in [4.78, 5) is 11.8. The molecular formula is C19H28O3. The minimum Gasteiger partial charge on any atom is -0.393 e. The highest BCUT2D eigenvalue weighted by atomic mass is 16.3. The third-order valence-electron chi connectivity index (χ3n) is 7.84. The average molecular weight is 304 g/mol. The number of hydrogen-bond acceptors (Lipinski definition) is 3. The van der Waals surface area contributed by atoms with Crippen LogP contribution in [0.15, 0.2) is 11.6 Å². The van der Waals surface area contributed by atoms with Gasteiger partial charge in [0, 0.05) is 6.42 Å². The van der Waals surface area contributed by atoms with Crippen molar-refractivity contribution in [3.05, 3.63) is 11.6 Å². The standard InChI is InChI=1S/C19H28O3/c1-18-8-7-12(20)9-11(18)3-4-13-14-5-6-16(22)19(14,2)10-15(21)17(13)18/h9,13-17,21-22H,3-8,10H2,1-2H3/t13-,14-,15?,16?,17-,18-,19-/m0/s1. The molecule has 0 aromatic rings. The molecule has 0 heterocycles. The molecule has 2 N–H and O–H groups in total. The van der Waals surface area contributed by atoms with Crippen LogP contribution in [0.5, 0.6) is 0 Å². The lowest BCUT2D eigenvalue weighted by atomic mass is 9.46. The number of aliphatic hydroxyl groups excluding tert-OH is 2. The van der Waals surface area contributed by atoms with E-state index >= 15 is 0 Å². The van der Waals surface area contributed by atoms with E-state index in [0.29, 0.717) is 18.3 Å². The van der Waals surface area contributed by atoms with Gasteiger partial charge in [0.25, 0.3) is 0 Å². The van der Waals surface area contributed by atoms with Crippen molar-refractivity contribution in [3.63, 3.8) is 0 Å². The van der Waals surface area contributed by atoms with Crippen LogP contribution in [0.2, 0.25) is 0 Å². The summed E-state index contributed by atoms with van der Waals surface area (Å²) >= 11 is 0. The molecule has 4 aliphatic rings. The number of allylic oxidation sites excluding steroid dienone is 1. The zero-order valence-electron chi connectivity index (χ0n) is 13.7. The van der Waals surface area contributed by atoms with Crippen molar-refractivity contribution in [3.8, 4) is 0 Å². The van der Waals surface area contributed by atoms with Gasteiger partial charge < -0.3 is 10.2 Å². The van der Waals surface area contributed by atoms with Crippen molar-refractivity contribution in [1.82, 2.24) is 0 Å². The largest absolute Gasteiger partial charge is 0.393 e. The monoisotopic (exact) mass is 304 g/mol. The Kier molecular flexibility index (Phi) is 3.16. The Bertz CT molecular complexity index is 539. The molecule has 22 heavy (non-hydrogen) atoms. The maximum atomic E-state index is 11.8. The molecule has 3 saturated carbocycles. The highest BCUT2D eigenvalue weighted by molar-refractivity contribution is 5.91. The van der Waals surface area contributed by atoms with Crippen LogP contribution < -0.4 is 0 Å². The van der Waals surface area contributed by atoms with Crippen molar-refractivity contribution in [2.45, 2.75) is 71.0 Å². The Labute approximate surface area is 132 Å². The summed E-state index contributed by atoms with van der Waals surface area (Å²) in [6, 6.07) is 0. The van der Waals surface area contributed by atoms with Gasteiger partial charge in [-0.05, 0) is 73.2 Å². The van der Waals surface area contributed by atoms with Crippen LogP contribution in [0.25, 0.3) is 0 Å². The van der Waals surface area contributed by atoms with Gasteiger partial charge in [-0.1, -0.05) is 19.4 Å². The van der Waals surface area contributed by atoms with Gasteiger partial charge in [0.05, 0.1) is 12.2 Å². The maximum Gasteiger partial charge on any atom is 0.155 e. The molecule has 122 valence electrons. The molecule has 0 saturated heterocycles. The van der Waals surface area contributed by atoms with Gasteiger partial charge in [0.15, 0.2) is 5.78 Å². The molecule has 0 aliphatic heterocycles. The van der Waals surface area contributed by atoms with Crippen molar-refractivity contribution in [1.29, 1.82) is 0 Å². The van der Waals surface area contributed by atoms with Crippen LogP contribution in [-0.2, 0) is 4.79 Å². The van der Waals surface area contributed by atoms with Gasteiger partial charge in [-0.2, -0.15) is 0 Å². The normalized spacial score (nSPS) is 54.3. The summed E-state index contributed by atoms with van der Waals surface area (Å²) in [5, 5.41) is 21.4. The van der Waals surface area contributed by atoms with E-state index in [0.717, 1.165) is 38.5 Å². The molecule has 3 heteroatoms. The fourth-order valence-electron chi connectivity index (χ4n) is 6.66. The fourth-order valence-corrected chi connectivity index (χ4v) is 6.66. The quantitative estimate of drug-likeness (QED) is 0.723. The first-order chi connectivity index (χ1) is 10.4. The van der Waals surface area contributed by atoms with E-state index in [9.17, 15) is 15.0 Å². The topological polar surface area (TPSA) is 57.5 Å². The molecule has 0 aromatic heterocycles. The van der Waals surface area contributed by atoms with Crippen molar-refractivity contribution < 1.29 is 15.0 Å². The van der Waals surface area contributed by atoms with Crippen LogP contribution in [0, 0.1) is 28.6 Å². The fraction of sp³-hybridized carbons (Fsp3) is 0.842. The summed E-state index contributed by atoms with van der Waals surface area (Å²) in [6.07, 6.45) is 7.56. The van der Waals surface area contributed by atoms with E-state index in [2.05, 4.69) is 13.8 Å². The number of fused-ring (bicyclic) bond motifs is 5. The number of rotatable bonds is 0. The lowest BCUT2D eigenvalue weighted by Crippen LogP contribution is -2.57. The summed E-state index contributed by atoms with van der Waals surface area (Å²) < 4.78 is 0. The summed E-state index contributed by atoms with van der Waals surface area (Å²) in [7, 11) is 0. The summed E-state index contributed by atoms with van der Waals surface area (Å²) in [5.41, 5.74) is 1.17. The number of aliphatic hydroxyl groups is 2. The van der Waals surface area contributed by atoms with Gasteiger partial charge in [-0.25, -0.2) is 0 Å². The Morgan fingerprint density at radius 3 is 2.68 bits per heavy atom. The second-order valence-electron chi connectivity index (χ2n) is 8.76. The predicted molar refractivity (Wildman–Crippen MR) is 84.1 cm³/mol. The Morgan fingerprint density at radius 2 is 1.91 bits per heavy atom. The van der Waals surface area contributed by atoms with E-state index in [4.69, 9.17) is 0 Å². The number of ketones is 1. The highest BCUT2D eigenvalue weighted by Crippen LogP contribution is 2.65. The van der Waals surface area contributed by atoms with Crippen LogP contribution in [0.3, 0.4) is 0 Å².